The summed E-state index contributed by atoms with van der Waals surface area (Å²) in [5.74, 6) is -2.23. The van der Waals surface area contributed by atoms with E-state index in [0.29, 0.717) is 66.2 Å². The number of carbonyl (C=O) groups excluding carboxylic acids is 8. The molecule has 0 amide bonds. The van der Waals surface area contributed by atoms with Crippen LogP contribution < -0.4 is 18.9 Å². The summed E-state index contributed by atoms with van der Waals surface area (Å²) in [6.45, 7) is 41.6. The van der Waals surface area contributed by atoms with E-state index in [-0.39, 0.29) is 77.5 Å². The molecule has 0 fully saturated rings. The van der Waals surface area contributed by atoms with Gasteiger partial charge in [0.1, 0.15) is 37.9 Å². The van der Waals surface area contributed by atoms with Gasteiger partial charge in [-0.25, -0.2) is 38.4 Å². The van der Waals surface area contributed by atoms with Crippen LogP contribution in [-0.4, -0.2) is 74.9 Å². The molecule has 12 aromatic rings. The number of hydrogen-bond donors (Lipinski definition) is 0. The maximum atomic E-state index is 11.5. The summed E-state index contributed by atoms with van der Waals surface area (Å²) < 4.78 is 62.3. The first-order valence-electron chi connectivity index (χ1n) is 39.6. The van der Waals surface area contributed by atoms with Gasteiger partial charge in [0, 0.05) is 73.8 Å². The molecule has 12 rings (SSSR count). The highest BCUT2D eigenvalue weighted by molar-refractivity contribution is 7.17. The van der Waals surface area contributed by atoms with Crippen molar-refractivity contribution in [2.24, 2.45) is 0 Å². The molecular weight excluding hydrogens is 1700 g/mol. The van der Waals surface area contributed by atoms with Gasteiger partial charge in [0.2, 0.25) is 27.2 Å². The first-order valence-corrected chi connectivity index (χ1v) is 42.9. The SMILES string of the molecule is C=C(C)C(=O)OCOc1ccc(-c2ccc(-c3ccc(COC(=O)C(=C)C)cc3)cc2)s1.C=C(C)C(=O)OCOc1ccc(-c2ccc(-c3ccc(COC(=O)C(=C)C)s3)cc2)cc1.C=C(C)C(=O)OCOc1ccc(-c2ccc(-c3ccc(OCOC(=O)C(=C)C)s3)cc2)cc1.C=C(C)C(=O)OCc1ccc(-c2ccc(-c3ccc(COC(=O)C(=C)C)s3)cc2)cc1. The molecule has 0 saturated heterocycles. The van der Waals surface area contributed by atoms with E-state index in [1.54, 1.807) is 78.1 Å². The molecule has 0 radical (unpaired) electrons. The molecule has 4 aromatic heterocycles. The summed E-state index contributed by atoms with van der Waals surface area (Å²) in [7, 11) is 0. The first kappa shape index (κ1) is 97.2. The van der Waals surface area contributed by atoms with Crippen LogP contribution in [0.25, 0.3) is 86.3 Å². The van der Waals surface area contributed by atoms with E-state index in [1.165, 1.54) is 22.7 Å². The topological polar surface area (TPSA) is 247 Å². The van der Waals surface area contributed by atoms with Gasteiger partial charge < -0.3 is 56.8 Å². The number of ether oxygens (including phenoxy) is 12. The van der Waals surface area contributed by atoms with Crippen molar-refractivity contribution in [2.75, 3.05) is 27.2 Å². The Morgan fingerprint density at radius 2 is 0.391 bits per heavy atom. The highest BCUT2D eigenvalue weighted by Crippen LogP contribution is 2.38. The normalized spacial score (nSPS) is 10.3. The number of carbonyl (C=O) groups is 8. The maximum Gasteiger partial charge on any atom is 0.335 e. The lowest BCUT2D eigenvalue weighted by atomic mass is 10.0. The number of rotatable bonds is 36. The van der Waals surface area contributed by atoms with Crippen molar-refractivity contribution in [3.8, 4) is 108 Å². The summed E-state index contributed by atoms with van der Waals surface area (Å²) in [4.78, 5) is 97.9. The number of hydrogen-bond acceptors (Lipinski definition) is 24. The zero-order chi connectivity index (χ0) is 92.3. The lowest BCUT2D eigenvalue weighted by molar-refractivity contribution is -0.146. The van der Waals surface area contributed by atoms with Crippen molar-refractivity contribution >= 4 is 93.1 Å². The van der Waals surface area contributed by atoms with E-state index < -0.39 is 23.9 Å². The quantitative estimate of drug-likeness (QED) is 0.0153. The average Bonchev–Trinajstić information content (AvgIpc) is 1.45. The molecule has 0 N–H and O–H groups in total. The fraction of sp³-hybridized carbons (Fsp3) is 0.154. The lowest BCUT2D eigenvalue weighted by Gasteiger charge is -2.08. The van der Waals surface area contributed by atoms with Gasteiger partial charge in [-0.05, 0) is 206 Å². The second-order valence-corrected chi connectivity index (χ2v) is 33.3. The molecule has 4 heterocycles. The van der Waals surface area contributed by atoms with Crippen molar-refractivity contribution in [1.29, 1.82) is 0 Å². The van der Waals surface area contributed by atoms with Crippen molar-refractivity contribution < 1.29 is 95.2 Å². The van der Waals surface area contributed by atoms with Gasteiger partial charge >= 0.3 is 47.8 Å². The summed E-state index contributed by atoms with van der Waals surface area (Å²) in [6, 6.07) is 79.4. The van der Waals surface area contributed by atoms with Gasteiger partial charge in [-0.1, -0.05) is 245 Å². The Morgan fingerprint density at radius 3 is 0.633 bits per heavy atom. The van der Waals surface area contributed by atoms with Crippen LogP contribution in [0.4, 0.5) is 0 Å². The van der Waals surface area contributed by atoms with Crippen LogP contribution in [0, 0.1) is 0 Å². The fourth-order valence-electron chi connectivity index (χ4n) is 10.8. The number of benzene rings is 8. The third-order valence-corrected chi connectivity index (χ3v) is 22.3. The predicted molar refractivity (Wildman–Crippen MR) is 505 cm³/mol. The van der Waals surface area contributed by atoms with Crippen molar-refractivity contribution in [3.63, 3.8) is 0 Å². The third-order valence-electron chi connectivity index (χ3n) is 17.9. The van der Waals surface area contributed by atoms with E-state index in [4.69, 9.17) is 56.8 Å². The molecule has 0 unspecified atom stereocenters. The van der Waals surface area contributed by atoms with Crippen molar-refractivity contribution in [3.05, 3.63) is 361 Å². The van der Waals surface area contributed by atoms with E-state index in [9.17, 15) is 38.4 Å². The molecule has 0 saturated carbocycles. The van der Waals surface area contributed by atoms with Crippen LogP contribution in [0.3, 0.4) is 0 Å². The molecule has 24 heteroatoms. The first-order chi connectivity index (χ1) is 61.3. The van der Waals surface area contributed by atoms with E-state index in [1.807, 2.05) is 170 Å². The largest absolute Gasteiger partial charge is 0.457 e. The molecule has 128 heavy (non-hydrogen) atoms. The lowest BCUT2D eigenvalue weighted by Crippen LogP contribution is -2.10. The fourth-order valence-corrected chi connectivity index (χ4v) is 14.4. The monoisotopic (exact) mass is 1790 g/mol. The second-order valence-electron chi connectivity index (χ2n) is 28.8. The molecule has 0 spiro atoms. The minimum Gasteiger partial charge on any atom is -0.457 e. The standard InChI is InChI=1S/C26H24O6S.2C26H24O5S.C26H24O4S/c1-17(2)25(27)31-15-29-22-11-9-20(10-12-22)19-5-7-21(8-6-19)23-13-14-24(33-23)30-16-32-26(28)18(3)4;1-17(2)25(27)29-15-23-13-14-24(32-23)21-7-5-19(6-8-21)20-9-11-22(12-10-20)30-16-31-26(28)18(3)4;1-17(2)25(27)29-15-19-5-7-20(8-6-19)21-9-11-22(12-10-21)23-13-14-24(32-23)30-16-31-26(28)18(3)4;1-17(2)25(27)29-15-19-5-7-20(8-6-19)21-9-11-22(12-10-21)24-14-13-23(31-24)16-30-26(28)18(3)4/h5-14H,1,3,15-16H2,2,4H3;2*5-14H,1,3,15-16H2,2,4H3;5-14H,1,3,15-16H2,2,4H3. The smallest absolute Gasteiger partial charge is 0.335 e. The minimum atomic E-state index is -0.484. The minimum absolute atomic E-state index is 0.146. The van der Waals surface area contributed by atoms with Crippen molar-refractivity contribution in [1.82, 2.24) is 0 Å². The van der Waals surface area contributed by atoms with E-state index in [2.05, 4.69) is 125 Å². The van der Waals surface area contributed by atoms with Crippen LogP contribution in [0.1, 0.15) is 76.3 Å². The molecule has 0 atom stereocenters. The van der Waals surface area contributed by atoms with E-state index >= 15 is 0 Å². The summed E-state index contributed by atoms with van der Waals surface area (Å²) in [5.41, 5.74) is 17.6. The van der Waals surface area contributed by atoms with Gasteiger partial charge in [-0.2, -0.15) is 0 Å². The van der Waals surface area contributed by atoms with Crippen LogP contribution in [0.5, 0.6) is 21.6 Å². The predicted octanol–water partition coefficient (Wildman–Crippen LogP) is 24.6. The summed E-state index contributed by atoms with van der Waals surface area (Å²) in [5, 5.41) is 1.33. The van der Waals surface area contributed by atoms with Crippen LogP contribution >= 0.6 is 45.3 Å². The molecule has 20 nitrogen and oxygen atoms in total. The molecule has 656 valence electrons. The van der Waals surface area contributed by atoms with Crippen LogP contribution in [0.15, 0.2) is 340 Å². The Kier molecular flexibility index (Phi) is 37.0. The Balaban J connectivity index is 0.000000193. The maximum absolute atomic E-state index is 11.5. The van der Waals surface area contributed by atoms with Gasteiger partial charge in [0.25, 0.3) is 0 Å². The van der Waals surface area contributed by atoms with Gasteiger partial charge in [-0.15, -0.1) is 22.7 Å². The number of thiophene rings is 4. The summed E-state index contributed by atoms with van der Waals surface area (Å²) in [6.07, 6.45) is 0. The highest BCUT2D eigenvalue weighted by Gasteiger charge is 2.16. The van der Waals surface area contributed by atoms with Gasteiger partial charge in [0.05, 0.1) is 0 Å². The van der Waals surface area contributed by atoms with Crippen LogP contribution in [-0.2, 0) is 103 Å². The Hall–Kier alpha value is -14.6. The van der Waals surface area contributed by atoms with Gasteiger partial charge in [0.15, 0.2) is 10.1 Å². The van der Waals surface area contributed by atoms with Crippen LogP contribution in [0.2, 0.25) is 0 Å². The Bertz CT molecular complexity index is 5960. The molecule has 0 aliphatic heterocycles. The molecule has 0 bridgehead atoms. The highest BCUT2D eigenvalue weighted by atomic mass is 32.1. The zero-order valence-corrected chi connectivity index (χ0v) is 75.5. The Morgan fingerprint density at radius 1 is 0.203 bits per heavy atom. The van der Waals surface area contributed by atoms with Crippen molar-refractivity contribution in [2.45, 2.75) is 81.8 Å². The molecule has 8 aromatic carbocycles. The molecular formula is C104H96O20S4. The second kappa shape index (κ2) is 48.6. The van der Waals surface area contributed by atoms with E-state index in [0.717, 1.165) is 107 Å². The zero-order valence-electron chi connectivity index (χ0n) is 72.2. The Labute approximate surface area is 760 Å². The molecule has 0 aliphatic rings. The number of esters is 8. The third kappa shape index (κ3) is 31.0. The molecule has 0 aliphatic carbocycles. The van der Waals surface area contributed by atoms with Gasteiger partial charge in [-0.3, -0.25) is 0 Å². The average molecular weight is 1790 g/mol. The summed E-state index contributed by atoms with van der Waals surface area (Å²) >= 11 is 6.13.